The predicted octanol–water partition coefficient (Wildman–Crippen LogP) is 0.969. The number of nitrogens with one attached hydrogen (secondary N) is 1. The van der Waals surface area contributed by atoms with Crippen molar-refractivity contribution in [3.63, 3.8) is 0 Å². The number of aryl methyl sites for hydroxylation is 1. The Bertz CT molecular complexity index is 368. The average molecular weight is 232 g/mol. The van der Waals surface area contributed by atoms with Crippen molar-refractivity contribution in [2.75, 3.05) is 19.6 Å². The highest BCUT2D eigenvalue weighted by molar-refractivity contribution is 5.01. The maximum absolute atomic E-state index is 4.39. The Morgan fingerprint density at radius 2 is 2.12 bits per heavy atom. The van der Waals surface area contributed by atoms with Crippen LogP contribution in [0.15, 0.2) is 12.4 Å². The summed E-state index contributed by atoms with van der Waals surface area (Å²) in [5.41, 5.74) is 2.03. The maximum atomic E-state index is 4.39. The first-order valence-electron chi connectivity index (χ1n) is 6.54. The van der Waals surface area contributed by atoms with Gasteiger partial charge in [0.25, 0.3) is 0 Å². The van der Waals surface area contributed by atoms with Crippen LogP contribution in [0.25, 0.3) is 0 Å². The molecular weight excluding hydrogens is 212 g/mol. The number of hydrogen-bond acceptors (Lipinski definition) is 4. The maximum Gasteiger partial charge on any atom is 0.0724 e. The standard InChI is InChI=1S/C13H20N4/c1-10-6-15-12(7-14-10)8-16-13-9-17-4-2-11(13)3-5-17/h6-7,11,13,16H,2-5,8-9H2,1H3. The fraction of sp³-hybridized carbons (Fsp3) is 0.692. The van der Waals surface area contributed by atoms with Gasteiger partial charge in [0.15, 0.2) is 0 Å². The van der Waals surface area contributed by atoms with Crippen LogP contribution >= 0.6 is 0 Å². The van der Waals surface area contributed by atoms with Crippen molar-refractivity contribution in [1.29, 1.82) is 0 Å². The minimum atomic E-state index is 0.653. The van der Waals surface area contributed by atoms with Gasteiger partial charge in [0.2, 0.25) is 0 Å². The minimum Gasteiger partial charge on any atom is -0.307 e. The SMILES string of the molecule is Cc1cnc(CNC2CN3CCC2CC3)cn1. The van der Waals surface area contributed by atoms with Crippen molar-refractivity contribution in [3.8, 4) is 0 Å². The Labute approximate surface area is 102 Å². The zero-order valence-electron chi connectivity index (χ0n) is 10.4. The predicted molar refractivity (Wildman–Crippen MR) is 66.6 cm³/mol. The molecule has 4 heterocycles. The molecule has 4 heteroatoms. The van der Waals surface area contributed by atoms with Crippen LogP contribution in [0.1, 0.15) is 24.2 Å². The van der Waals surface area contributed by atoms with E-state index in [4.69, 9.17) is 0 Å². The second-order valence-corrected chi connectivity index (χ2v) is 5.27. The third-order valence-electron chi connectivity index (χ3n) is 4.04. The normalized spacial score (nSPS) is 31.7. The van der Waals surface area contributed by atoms with Crippen LogP contribution in [0.4, 0.5) is 0 Å². The highest BCUT2D eigenvalue weighted by Gasteiger charge is 2.33. The van der Waals surface area contributed by atoms with Gasteiger partial charge in [-0.3, -0.25) is 9.97 Å². The number of piperidine rings is 3. The van der Waals surface area contributed by atoms with Gasteiger partial charge in [-0.1, -0.05) is 0 Å². The molecule has 3 aliphatic rings. The van der Waals surface area contributed by atoms with Crippen LogP contribution in [0.3, 0.4) is 0 Å². The molecule has 17 heavy (non-hydrogen) atoms. The second kappa shape index (κ2) is 4.70. The lowest BCUT2D eigenvalue weighted by atomic mass is 9.84. The van der Waals surface area contributed by atoms with Crippen LogP contribution in [0.5, 0.6) is 0 Å². The summed E-state index contributed by atoms with van der Waals surface area (Å²) in [6.45, 7) is 6.63. The van der Waals surface area contributed by atoms with E-state index in [-0.39, 0.29) is 0 Å². The zero-order chi connectivity index (χ0) is 11.7. The molecule has 0 saturated carbocycles. The van der Waals surface area contributed by atoms with Crippen molar-refractivity contribution >= 4 is 0 Å². The van der Waals surface area contributed by atoms with Crippen molar-refractivity contribution in [2.45, 2.75) is 32.4 Å². The topological polar surface area (TPSA) is 41.1 Å². The first kappa shape index (κ1) is 11.1. The molecule has 1 atom stereocenters. The number of fused-ring (bicyclic) bond motifs is 3. The van der Waals surface area contributed by atoms with Crippen molar-refractivity contribution in [2.24, 2.45) is 5.92 Å². The largest absolute Gasteiger partial charge is 0.307 e. The van der Waals surface area contributed by atoms with E-state index in [0.29, 0.717) is 6.04 Å². The summed E-state index contributed by atoms with van der Waals surface area (Å²) in [4.78, 5) is 11.2. The fourth-order valence-electron chi connectivity index (χ4n) is 2.94. The summed E-state index contributed by atoms with van der Waals surface area (Å²) >= 11 is 0. The van der Waals surface area contributed by atoms with E-state index >= 15 is 0 Å². The zero-order valence-corrected chi connectivity index (χ0v) is 10.4. The third-order valence-corrected chi connectivity index (χ3v) is 4.04. The third kappa shape index (κ3) is 2.48. The van der Waals surface area contributed by atoms with Crippen molar-refractivity contribution in [1.82, 2.24) is 20.2 Å². The Morgan fingerprint density at radius 1 is 1.29 bits per heavy atom. The van der Waals surface area contributed by atoms with Crippen LogP contribution in [-0.2, 0) is 6.54 Å². The molecule has 0 aromatic carbocycles. The van der Waals surface area contributed by atoms with Crippen LogP contribution in [0.2, 0.25) is 0 Å². The van der Waals surface area contributed by atoms with Gasteiger partial charge in [0, 0.05) is 31.5 Å². The molecule has 4 rings (SSSR count). The monoisotopic (exact) mass is 232 g/mol. The lowest BCUT2D eigenvalue weighted by Gasteiger charge is -2.45. The van der Waals surface area contributed by atoms with Crippen LogP contribution in [-0.4, -0.2) is 40.5 Å². The molecule has 2 bridgehead atoms. The average Bonchev–Trinajstić information content (AvgIpc) is 2.39. The lowest BCUT2D eigenvalue weighted by molar-refractivity contribution is 0.0718. The first-order chi connectivity index (χ1) is 8.31. The van der Waals surface area contributed by atoms with Gasteiger partial charge in [-0.25, -0.2) is 0 Å². The number of nitrogens with zero attached hydrogens (tertiary/aromatic N) is 3. The lowest BCUT2D eigenvalue weighted by Crippen LogP contribution is -2.55. The smallest absolute Gasteiger partial charge is 0.0724 e. The molecular formula is C13H20N4. The molecule has 3 fully saturated rings. The van der Waals surface area contributed by atoms with Gasteiger partial charge in [-0.2, -0.15) is 0 Å². The number of aromatic nitrogens is 2. The highest BCUT2D eigenvalue weighted by Crippen LogP contribution is 2.27. The molecule has 1 aromatic rings. The van der Waals surface area contributed by atoms with Crippen molar-refractivity contribution in [3.05, 3.63) is 23.8 Å². The Balaban J connectivity index is 1.56. The molecule has 0 spiro atoms. The molecule has 1 unspecified atom stereocenters. The van der Waals surface area contributed by atoms with Gasteiger partial charge in [-0.05, 0) is 38.8 Å². The summed E-state index contributed by atoms with van der Waals surface area (Å²) in [7, 11) is 0. The summed E-state index contributed by atoms with van der Waals surface area (Å²) in [5.74, 6) is 0.874. The second-order valence-electron chi connectivity index (χ2n) is 5.27. The van der Waals surface area contributed by atoms with E-state index in [0.717, 1.165) is 23.9 Å². The Hall–Kier alpha value is -1.00. The van der Waals surface area contributed by atoms with Crippen LogP contribution < -0.4 is 5.32 Å². The van der Waals surface area contributed by atoms with E-state index < -0.39 is 0 Å². The molecule has 0 amide bonds. The molecule has 1 N–H and O–H groups in total. The molecule has 3 aliphatic heterocycles. The molecule has 1 aromatic heterocycles. The Kier molecular flexibility index (Phi) is 3.07. The number of rotatable bonds is 3. The summed E-state index contributed by atoms with van der Waals surface area (Å²) in [5, 5.41) is 3.64. The van der Waals surface area contributed by atoms with Gasteiger partial charge in [-0.15, -0.1) is 0 Å². The quantitative estimate of drug-likeness (QED) is 0.843. The molecule has 3 saturated heterocycles. The van der Waals surface area contributed by atoms with E-state index in [2.05, 4.69) is 20.2 Å². The van der Waals surface area contributed by atoms with Crippen molar-refractivity contribution < 1.29 is 0 Å². The highest BCUT2D eigenvalue weighted by atomic mass is 15.2. The van der Waals surface area contributed by atoms with E-state index in [1.807, 2.05) is 19.3 Å². The van der Waals surface area contributed by atoms with Gasteiger partial charge < -0.3 is 10.2 Å². The molecule has 92 valence electrons. The van der Waals surface area contributed by atoms with Gasteiger partial charge >= 0.3 is 0 Å². The summed E-state index contributed by atoms with van der Waals surface area (Å²) in [6, 6.07) is 0.653. The fourth-order valence-corrected chi connectivity index (χ4v) is 2.94. The summed E-state index contributed by atoms with van der Waals surface area (Å²) in [6.07, 6.45) is 6.44. The van der Waals surface area contributed by atoms with Gasteiger partial charge in [0.05, 0.1) is 11.4 Å². The molecule has 0 radical (unpaired) electrons. The van der Waals surface area contributed by atoms with E-state index in [9.17, 15) is 0 Å². The summed E-state index contributed by atoms with van der Waals surface area (Å²) < 4.78 is 0. The van der Waals surface area contributed by atoms with E-state index in [1.54, 1.807) is 0 Å². The van der Waals surface area contributed by atoms with E-state index in [1.165, 1.54) is 32.5 Å². The van der Waals surface area contributed by atoms with Gasteiger partial charge in [0.1, 0.15) is 0 Å². The molecule has 0 aliphatic carbocycles. The Morgan fingerprint density at radius 3 is 2.71 bits per heavy atom. The van der Waals surface area contributed by atoms with Crippen LogP contribution in [0, 0.1) is 12.8 Å². The number of hydrogen-bond donors (Lipinski definition) is 1. The minimum absolute atomic E-state index is 0.653. The molecule has 4 nitrogen and oxygen atoms in total. The first-order valence-corrected chi connectivity index (χ1v) is 6.54.